The number of rotatable bonds is 38. The molecule has 0 aliphatic rings. The number of esters is 1. The molecular weight excluding hydrogens is 649 g/mol. The molecular formula is C45H94N2O5. The molecule has 0 aliphatic heterocycles. The van der Waals surface area contributed by atoms with Crippen molar-refractivity contribution in [1.82, 2.24) is 4.90 Å². The number of hydrogen-bond donors (Lipinski definition) is 3. The van der Waals surface area contributed by atoms with Gasteiger partial charge in [0.25, 0.3) is 0 Å². The molecule has 0 aromatic heterocycles. The maximum atomic E-state index is 11.4. The van der Waals surface area contributed by atoms with Crippen LogP contribution in [0.1, 0.15) is 240 Å². The lowest BCUT2D eigenvalue weighted by molar-refractivity contribution is -0.147. The van der Waals surface area contributed by atoms with E-state index in [0.29, 0.717) is 12.8 Å². The van der Waals surface area contributed by atoms with E-state index in [1.165, 1.54) is 193 Å². The zero-order valence-corrected chi connectivity index (χ0v) is 35.9. The van der Waals surface area contributed by atoms with Gasteiger partial charge >= 0.3 is 5.97 Å². The first kappa shape index (κ1) is 55.2. The normalized spacial score (nSPS) is 11.5. The molecule has 0 heterocycles. The maximum Gasteiger partial charge on any atom is 0.305 e. The average molecular weight is 743 g/mol. The Morgan fingerprint density at radius 1 is 0.481 bits per heavy atom. The Morgan fingerprint density at radius 2 is 0.750 bits per heavy atom. The van der Waals surface area contributed by atoms with Crippen LogP contribution in [0.5, 0.6) is 0 Å². The first-order valence-corrected chi connectivity index (χ1v) is 22.8. The number of aliphatic hydroxyl groups is 2. The summed E-state index contributed by atoms with van der Waals surface area (Å²) in [6.45, 7) is 14.2. The van der Waals surface area contributed by atoms with Crippen molar-refractivity contribution in [3.8, 4) is 0 Å². The van der Waals surface area contributed by atoms with Gasteiger partial charge in [0.05, 0.1) is 6.61 Å². The number of carbonyl (C=O) groups excluding carboxylic acids is 2. The third kappa shape index (κ3) is 53.2. The van der Waals surface area contributed by atoms with Gasteiger partial charge in [-0.2, -0.15) is 0 Å². The molecule has 7 heteroatoms. The highest BCUT2D eigenvalue weighted by Crippen LogP contribution is 2.15. The predicted molar refractivity (Wildman–Crippen MR) is 226 cm³/mol. The number of carbonyl (C=O) groups is 2. The zero-order chi connectivity index (χ0) is 39.2. The van der Waals surface area contributed by atoms with Gasteiger partial charge in [-0.3, -0.25) is 9.59 Å². The van der Waals surface area contributed by atoms with Gasteiger partial charge in [-0.15, -0.1) is 0 Å². The molecule has 1 unspecified atom stereocenters. The molecule has 0 aliphatic carbocycles. The van der Waals surface area contributed by atoms with Crippen LogP contribution in [-0.4, -0.2) is 65.9 Å². The van der Waals surface area contributed by atoms with Crippen LogP contribution in [0.15, 0.2) is 0 Å². The second kappa shape index (κ2) is 49.8. The van der Waals surface area contributed by atoms with E-state index in [-0.39, 0.29) is 25.1 Å². The Bertz CT molecular complexity index is 669. The molecule has 0 saturated carbocycles. The first-order valence-electron chi connectivity index (χ1n) is 22.8. The predicted octanol–water partition coefficient (Wildman–Crippen LogP) is 12.2. The zero-order valence-electron chi connectivity index (χ0n) is 35.9. The Labute approximate surface area is 325 Å². The highest BCUT2D eigenvalue weighted by molar-refractivity contribution is 5.73. The van der Waals surface area contributed by atoms with Crippen LogP contribution < -0.4 is 5.73 Å². The van der Waals surface area contributed by atoms with Crippen molar-refractivity contribution in [3.63, 3.8) is 0 Å². The van der Waals surface area contributed by atoms with Gasteiger partial charge in [0.2, 0.25) is 5.91 Å². The molecule has 4 N–H and O–H groups in total. The lowest BCUT2D eigenvalue weighted by atomic mass is 10.0. The summed E-state index contributed by atoms with van der Waals surface area (Å²) in [5.74, 6) is -0.429. The number of amides is 1. The van der Waals surface area contributed by atoms with Crippen molar-refractivity contribution >= 4 is 11.9 Å². The third-order valence-electron chi connectivity index (χ3n) is 10.0. The smallest absolute Gasteiger partial charge is 0.305 e. The number of ether oxygens (including phenoxy) is 1. The SMILES string of the molecule is CCCCCCCCCCCCCCCCCC(=O)OCC(O)CO.CCCCCCCCCCCCCCCCCC(N)=O.CCN(CC)CC. The molecule has 0 aromatic rings. The molecule has 0 fully saturated rings. The number of nitrogens with zero attached hydrogens (tertiary/aromatic N) is 1. The van der Waals surface area contributed by atoms with Crippen LogP contribution in [0, 0.1) is 0 Å². The summed E-state index contributed by atoms with van der Waals surface area (Å²) in [4.78, 5) is 24.3. The van der Waals surface area contributed by atoms with Crippen LogP contribution in [0.25, 0.3) is 0 Å². The van der Waals surface area contributed by atoms with Crippen molar-refractivity contribution < 1.29 is 24.5 Å². The maximum absolute atomic E-state index is 11.4. The number of aliphatic hydroxyl groups excluding tert-OH is 2. The average Bonchev–Trinajstić information content (AvgIpc) is 3.15. The standard InChI is InChI=1S/C21H42O4.C18H37NO.C6H15N/c1-2-3-4-5-6-7-8-9-10-11-12-13-14-15-16-17-21(24)25-19-20(23)18-22;1-2-3-4-5-6-7-8-9-10-11-12-13-14-15-16-17-18(19)20;1-4-7(5-2)6-3/h20,22-23H,2-19H2,1H3;2-17H2,1H3,(H2,19,20);4-6H2,1-3H3. The van der Waals surface area contributed by atoms with E-state index in [4.69, 9.17) is 20.7 Å². The number of nitrogens with two attached hydrogens (primary N) is 1. The van der Waals surface area contributed by atoms with E-state index in [1.54, 1.807) is 0 Å². The lowest BCUT2D eigenvalue weighted by Gasteiger charge is -2.13. The van der Waals surface area contributed by atoms with E-state index in [0.717, 1.165) is 19.3 Å². The lowest BCUT2D eigenvalue weighted by Crippen LogP contribution is -2.21. The second-order valence-electron chi connectivity index (χ2n) is 15.0. The van der Waals surface area contributed by atoms with Crippen LogP contribution in [0.2, 0.25) is 0 Å². The van der Waals surface area contributed by atoms with E-state index in [2.05, 4.69) is 39.5 Å². The number of primary amides is 1. The molecule has 7 nitrogen and oxygen atoms in total. The summed E-state index contributed by atoms with van der Waals surface area (Å²) in [6, 6.07) is 0. The molecule has 0 saturated heterocycles. The van der Waals surface area contributed by atoms with Gasteiger partial charge in [0, 0.05) is 12.8 Å². The first-order chi connectivity index (χ1) is 25.3. The van der Waals surface area contributed by atoms with E-state index < -0.39 is 6.10 Å². The van der Waals surface area contributed by atoms with Crippen molar-refractivity contribution in [1.29, 1.82) is 0 Å². The van der Waals surface area contributed by atoms with E-state index >= 15 is 0 Å². The fourth-order valence-electron chi connectivity index (χ4n) is 6.30. The summed E-state index contributed by atoms with van der Waals surface area (Å²) >= 11 is 0. The minimum Gasteiger partial charge on any atom is -0.463 e. The van der Waals surface area contributed by atoms with Crippen LogP contribution >= 0.6 is 0 Å². The largest absolute Gasteiger partial charge is 0.463 e. The summed E-state index contributed by atoms with van der Waals surface area (Å²) in [5.41, 5.74) is 5.11. The summed E-state index contributed by atoms with van der Waals surface area (Å²) in [7, 11) is 0. The molecule has 0 bridgehead atoms. The van der Waals surface area contributed by atoms with Crippen LogP contribution in [-0.2, 0) is 14.3 Å². The van der Waals surface area contributed by atoms with Gasteiger partial charge in [-0.25, -0.2) is 0 Å². The van der Waals surface area contributed by atoms with Gasteiger partial charge < -0.3 is 25.6 Å². The molecule has 314 valence electrons. The Kier molecular flexibility index (Phi) is 52.8. The minimum atomic E-state index is -0.954. The van der Waals surface area contributed by atoms with Crippen molar-refractivity contribution in [2.75, 3.05) is 32.8 Å². The summed E-state index contributed by atoms with van der Waals surface area (Å²) in [6.07, 6.45) is 39.9. The highest BCUT2D eigenvalue weighted by Gasteiger charge is 2.07. The van der Waals surface area contributed by atoms with E-state index in [1.807, 2.05) is 0 Å². The number of hydrogen-bond acceptors (Lipinski definition) is 6. The van der Waals surface area contributed by atoms with Crippen molar-refractivity contribution in [2.45, 2.75) is 246 Å². The van der Waals surface area contributed by atoms with E-state index in [9.17, 15) is 9.59 Å². The molecule has 52 heavy (non-hydrogen) atoms. The molecule has 0 radical (unpaired) electrons. The van der Waals surface area contributed by atoms with Gasteiger partial charge in [0.15, 0.2) is 0 Å². The molecule has 0 aromatic carbocycles. The van der Waals surface area contributed by atoms with Crippen molar-refractivity contribution in [3.05, 3.63) is 0 Å². The third-order valence-corrected chi connectivity index (χ3v) is 10.0. The summed E-state index contributed by atoms with van der Waals surface area (Å²) < 4.78 is 4.86. The van der Waals surface area contributed by atoms with Crippen molar-refractivity contribution in [2.24, 2.45) is 5.73 Å². The molecule has 1 amide bonds. The summed E-state index contributed by atoms with van der Waals surface area (Å²) in [5, 5.41) is 17.7. The van der Waals surface area contributed by atoms with Crippen LogP contribution in [0.4, 0.5) is 0 Å². The van der Waals surface area contributed by atoms with Gasteiger partial charge in [-0.05, 0) is 32.5 Å². The Balaban J connectivity index is -0.000000792. The Hall–Kier alpha value is -1.18. The quantitative estimate of drug-likeness (QED) is 0.0429. The second-order valence-corrected chi connectivity index (χ2v) is 15.0. The topological polar surface area (TPSA) is 113 Å². The van der Waals surface area contributed by atoms with Crippen LogP contribution in [0.3, 0.4) is 0 Å². The monoisotopic (exact) mass is 743 g/mol. The molecule has 0 spiro atoms. The van der Waals surface area contributed by atoms with Gasteiger partial charge in [-0.1, -0.05) is 214 Å². The number of unbranched alkanes of at least 4 members (excludes halogenated alkanes) is 28. The fourth-order valence-corrected chi connectivity index (χ4v) is 6.30. The Morgan fingerprint density at radius 3 is 0.981 bits per heavy atom. The minimum absolute atomic E-state index is 0.103. The molecule has 0 rings (SSSR count). The highest BCUT2D eigenvalue weighted by atomic mass is 16.5. The molecule has 1 atom stereocenters. The van der Waals surface area contributed by atoms with Gasteiger partial charge in [0.1, 0.15) is 12.7 Å². The fraction of sp³-hybridized carbons (Fsp3) is 0.956.